The highest BCUT2D eigenvalue weighted by molar-refractivity contribution is 5.74. The molecule has 11 heavy (non-hydrogen) atoms. The highest BCUT2D eigenvalue weighted by atomic mass is 15.1. The zero-order chi connectivity index (χ0) is 8.27. The SMILES string of the molecule is [CH2]C1CCC(NC(=N)N)CC1. The van der Waals surface area contributed by atoms with Crippen LogP contribution in [0.3, 0.4) is 0 Å². The summed E-state index contributed by atoms with van der Waals surface area (Å²) in [6, 6.07) is 0.422. The van der Waals surface area contributed by atoms with E-state index in [4.69, 9.17) is 11.1 Å². The van der Waals surface area contributed by atoms with Gasteiger partial charge in [0.2, 0.25) is 0 Å². The zero-order valence-electron chi connectivity index (χ0n) is 6.77. The van der Waals surface area contributed by atoms with E-state index in [2.05, 4.69) is 12.2 Å². The first-order chi connectivity index (χ1) is 5.18. The lowest BCUT2D eigenvalue weighted by molar-refractivity contribution is 0.353. The van der Waals surface area contributed by atoms with Crippen LogP contribution in [0, 0.1) is 18.3 Å². The second-order valence-corrected chi connectivity index (χ2v) is 3.28. The minimum atomic E-state index is 0.0949. The van der Waals surface area contributed by atoms with Crippen LogP contribution in [0.25, 0.3) is 0 Å². The number of hydrogen-bond donors (Lipinski definition) is 3. The highest BCUT2D eigenvalue weighted by Crippen LogP contribution is 2.22. The Morgan fingerprint density at radius 3 is 2.36 bits per heavy atom. The van der Waals surface area contributed by atoms with Gasteiger partial charge in [0, 0.05) is 6.04 Å². The molecule has 1 rings (SSSR count). The van der Waals surface area contributed by atoms with Gasteiger partial charge in [-0.2, -0.15) is 0 Å². The quantitative estimate of drug-likeness (QED) is 0.387. The van der Waals surface area contributed by atoms with E-state index >= 15 is 0 Å². The van der Waals surface area contributed by atoms with Crippen LogP contribution in [0.1, 0.15) is 25.7 Å². The molecule has 1 aliphatic rings. The Bertz CT molecular complexity index is 136. The molecule has 0 atom stereocenters. The fourth-order valence-corrected chi connectivity index (χ4v) is 1.53. The molecule has 1 radical (unpaired) electrons. The fourth-order valence-electron chi connectivity index (χ4n) is 1.53. The van der Waals surface area contributed by atoms with Gasteiger partial charge in [0.25, 0.3) is 0 Å². The van der Waals surface area contributed by atoms with Gasteiger partial charge in [-0.05, 0) is 31.6 Å². The van der Waals surface area contributed by atoms with E-state index in [-0.39, 0.29) is 5.96 Å². The Hall–Kier alpha value is -0.730. The van der Waals surface area contributed by atoms with E-state index in [1.807, 2.05) is 0 Å². The molecule has 0 bridgehead atoms. The average molecular weight is 154 g/mol. The minimum absolute atomic E-state index is 0.0949. The fraction of sp³-hybridized carbons (Fsp3) is 0.750. The number of nitrogens with two attached hydrogens (primary N) is 1. The Morgan fingerprint density at radius 2 is 1.91 bits per heavy atom. The average Bonchev–Trinajstić information content (AvgIpc) is 1.93. The molecule has 3 nitrogen and oxygen atoms in total. The van der Waals surface area contributed by atoms with E-state index in [1.54, 1.807) is 0 Å². The monoisotopic (exact) mass is 154 g/mol. The lowest BCUT2D eigenvalue weighted by atomic mass is 9.87. The van der Waals surface area contributed by atoms with Gasteiger partial charge < -0.3 is 11.1 Å². The van der Waals surface area contributed by atoms with E-state index in [9.17, 15) is 0 Å². The number of rotatable bonds is 1. The molecule has 0 amide bonds. The van der Waals surface area contributed by atoms with Gasteiger partial charge >= 0.3 is 0 Å². The topological polar surface area (TPSA) is 61.9 Å². The first kappa shape index (κ1) is 8.37. The molecule has 4 N–H and O–H groups in total. The van der Waals surface area contributed by atoms with Gasteiger partial charge in [-0.1, -0.05) is 6.92 Å². The van der Waals surface area contributed by atoms with Crippen LogP contribution < -0.4 is 11.1 Å². The molecule has 1 fully saturated rings. The molecule has 0 unspecified atom stereocenters. The Labute approximate surface area is 67.9 Å². The summed E-state index contributed by atoms with van der Waals surface area (Å²) in [5.41, 5.74) is 5.21. The van der Waals surface area contributed by atoms with Gasteiger partial charge in [0.05, 0.1) is 0 Å². The Balaban J connectivity index is 2.22. The maximum Gasteiger partial charge on any atom is 0.185 e. The van der Waals surface area contributed by atoms with Crippen molar-refractivity contribution in [3.05, 3.63) is 6.92 Å². The smallest absolute Gasteiger partial charge is 0.185 e. The molecule has 3 heteroatoms. The second kappa shape index (κ2) is 3.60. The van der Waals surface area contributed by atoms with Crippen LogP contribution in [0.2, 0.25) is 0 Å². The van der Waals surface area contributed by atoms with Crippen molar-refractivity contribution < 1.29 is 0 Å². The van der Waals surface area contributed by atoms with Gasteiger partial charge in [-0.25, -0.2) is 0 Å². The third-order valence-electron chi connectivity index (χ3n) is 2.21. The van der Waals surface area contributed by atoms with E-state index < -0.39 is 0 Å². The summed E-state index contributed by atoms with van der Waals surface area (Å²) in [5, 5.41) is 9.97. The summed E-state index contributed by atoms with van der Waals surface area (Å²) in [6.45, 7) is 4.00. The van der Waals surface area contributed by atoms with Crippen molar-refractivity contribution in [3.63, 3.8) is 0 Å². The summed E-state index contributed by atoms with van der Waals surface area (Å²) in [5.74, 6) is 0.706. The second-order valence-electron chi connectivity index (χ2n) is 3.28. The maximum absolute atomic E-state index is 7.03. The Morgan fingerprint density at radius 1 is 1.36 bits per heavy atom. The summed E-state index contributed by atoms with van der Waals surface area (Å²) in [6.07, 6.45) is 4.53. The molecule has 0 aliphatic heterocycles. The van der Waals surface area contributed by atoms with Crippen LogP contribution in [-0.2, 0) is 0 Å². The number of guanidine groups is 1. The van der Waals surface area contributed by atoms with Crippen LogP contribution in [-0.4, -0.2) is 12.0 Å². The largest absolute Gasteiger partial charge is 0.370 e. The molecule has 0 spiro atoms. The maximum atomic E-state index is 7.03. The first-order valence-electron chi connectivity index (χ1n) is 4.12. The molecular formula is C8H16N3. The normalized spacial score (nSPS) is 31.4. The van der Waals surface area contributed by atoms with Crippen LogP contribution >= 0.6 is 0 Å². The van der Waals surface area contributed by atoms with Crippen molar-refractivity contribution in [3.8, 4) is 0 Å². The van der Waals surface area contributed by atoms with Gasteiger partial charge in [-0.15, -0.1) is 0 Å². The molecule has 0 aromatic rings. The molecule has 0 saturated heterocycles. The lowest BCUT2D eigenvalue weighted by Gasteiger charge is -2.26. The van der Waals surface area contributed by atoms with Crippen molar-refractivity contribution in [2.45, 2.75) is 31.7 Å². The molecule has 0 heterocycles. The summed E-state index contributed by atoms with van der Waals surface area (Å²) in [7, 11) is 0. The van der Waals surface area contributed by atoms with Crippen molar-refractivity contribution in [2.24, 2.45) is 11.7 Å². The Kier molecular flexibility index (Phi) is 2.74. The van der Waals surface area contributed by atoms with E-state index in [0.29, 0.717) is 12.0 Å². The third-order valence-corrected chi connectivity index (χ3v) is 2.21. The molecular weight excluding hydrogens is 138 g/mol. The number of nitrogens with one attached hydrogen (secondary N) is 2. The van der Waals surface area contributed by atoms with Crippen molar-refractivity contribution in [2.75, 3.05) is 0 Å². The molecule has 63 valence electrons. The van der Waals surface area contributed by atoms with Gasteiger partial charge in [-0.3, -0.25) is 5.41 Å². The summed E-state index contributed by atoms with van der Waals surface area (Å²) >= 11 is 0. The van der Waals surface area contributed by atoms with E-state index in [0.717, 1.165) is 25.7 Å². The minimum Gasteiger partial charge on any atom is -0.370 e. The summed E-state index contributed by atoms with van der Waals surface area (Å²) < 4.78 is 0. The highest BCUT2D eigenvalue weighted by Gasteiger charge is 2.17. The van der Waals surface area contributed by atoms with E-state index in [1.165, 1.54) is 0 Å². The zero-order valence-corrected chi connectivity index (χ0v) is 6.77. The molecule has 1 aliphatic carbocycles. The van der Waals surface area contributed by atoms with Gasteiger partial charge in [0.15, 0.2) is 5.96 Å². The van der Waals surface area contributed by atoms with Crippen molar-refractivity contribution in [1.29, 1.82) is 5.41 Å². The van der Waals surface area contributed by atoms with Crippen LogP contribution in [0.4, 0.5) is 0 Å². The predicted octanol–water partition coefficient (Wildman–Crippen LogP) is 0.862. The summed E-state index contributed by atoms with van der Waals surface area (Å²) in [4.78, 5) is 0. The lowest BCUT2D eigenvalue weighted by Crippen LogP contribution is -2.41. The van der Waals surface area contributed by atoms with Crippen molar-refractivity contribution >= 4 is 5.96 Å². The predicted molar refractivity (Wildman–Crippen MR) is 46.2 cm³/mol. The molecule has 1 saturated carbocycles. The van der Waals surface area contributed by atoms with Crippen LogP contribution in [0.15, 0.2) is 0 Å². The number of hydrogen-bond acceptors (Lipinski definition) is 1. The van der Waals surface area contributed by atoms with Crippen molar-refractivity contribution in [1.82, 2.24) is 5.32 Å². The molecule has 0 aromatic heterocycles. The molecule has 0 aromatic carbocycles. The first-order valence-corrected chi connectivity index (χ1v) is 4.12. The van der Waals surface area contributed by atoms with Gasteiger partial charge in [0.1, 0.15) is 0 Å². The van der Waals surface area contributed by atoms with Crippen LogP contribution in [0.5, 0.6) is 0 Å². The standard InChI is InChI=1S/C8H16N3/c1-6-2-4-7(5-3-6)11-8(9)10/h6-7H,1-5H2,(H4,9,10,11). The third kappa shape index (κ3) is 2.78.